The maximum atomic E-state index is 5.29. The van der Waals surface area contributed by atoms with E-state index in [9.17, 15) is 0 Å². The third kappa shape index (κ3) is 8.20. The van der Waals surface area contributed by atoms with Crippen molar-refractivity contribution in [1.82, 2.24) is 0 Å². The monoisotopic (exact) mass is 584 g/mol. The number of rotatable bonds is 4. The number of nitrogens with zero attached hydrogens (tertiary/aromatic N) is 2. The minimum atomic E-state index is 0.869. The summed E-state index contributed by atoms with van der Waals surface area (Å²) in [7, 11) is 11.4. The van der Waals surface area contributed by atoms with Gasteiger partial charge >= 0.3 is 0 Å². The number of methoxy groups -OCH3 is 2. The summed E-state index contributed by atoms with van der Waals surface area (Å²) < 4.78 is 10.5. The van der Waals surface area contributed by atoms with Crippen molar-refractivity contribution in [3.05, 3.63) is 47.5 Å². The van der Waals surface area contributed by atoms with Crippen LogP contribution < -0.4 is 19.3 Å². The number of hydrogen-bond donors (Lipinski definition) is 0. The Bertz CT molecular complexity index is 645. The maximum absolute atomic E-state index is 5.29. The molecule has 0 heterocycles. The molecule has 4 nitrogen and oxygen atoms in total. The molecule has 0 aliphatic heterocycles. The molecule has 2 aromatic rings. The highest BCUT2D eigenvalue weighted by Gasteiger charge is 2.09. The van der Waals surface area contributed by atoms with Crippen LogP contribution in [0.5, 0.6) is 11.5 Å². The van der Waals surface area contributed by atoms with Gasteiger partial charge in [0.05, 0.1) is 19.9 Å². The standard InChI is InChI=1S/C11H17NO2.C9H13N.I2/c1-8-6-11(14-5)9(12(2)3)7-10(8)13-4;1-8-4-6-9(7-5-8)10(2)3;1-2/h6-7H,1-5H3;4-7H,1-3H3;. The quantitative estimate of drug-likeness (QED) is 0.418. The molecule has 0 aromatic heterocycles. The van der Waals surface area contributed by atoms with Crippen molar-refractivity contribution in [2.24, 2.45) is 0 Å². The lowest BCUT2D eigenvalue weighted by atomic mass is 10.1. The minimum Gasteiger partial charge on any atom is -0.496 e. The van der Waals surface area contributed by atoms with Gasteiger partial charge in [0.2, 0.25) is 0 Å². The third-order valence-electron chi connectivity index (χ3n) is 3.73. The van der Waals surface area contributed by atoms with E-state index in [0.29, 0.717) is 0 Å². The Kier molecular flexibility index (Phi) is 12.8. The number of halogens is 2. The van der Waals surface area contributed by atoms with Crippen LogP contribution in [0.25, 0.3) is 0 Å². The minimum absolute atomic E-state index is 0.869. The molecule has 0 saturated carbocycles. The summed E-state index contributed by atoms with van der Waals surface area (Å²) in [4.78, 5) is 4.10. The van der Waals surface area contributed by atoms with Gasteiger partial charge in [0, 0.05) is 77.2 Å². The van der Waals surface area contributed by atoms with Crippen molar-refractivity contribution in [2.45, 2.75) is 13.8 Å². The molecular formula is C20H30I2N2O2. The molecule has 0 unspecified atom stereocenters. The summed E-state index contributed by atoms with van der Waals surface area (Å²) in [6.45, 7) is 4.10. The number of anilines is 2. The molecule has 0 N–H and O–H groups in total. The van der Waals surface area contributed by atoms with Gasteiger partial charge in [0.25, 0.3) is 0 Å². The van der Waals surface area contributed by atoms with Gasteiger partial charge < -0.3 is 19.3 Å². The average molecular weight is 584 g/mol. The van der Waals surface area contributed by atoms with Gasteiger partial charge in [-0.05, 0) is 37.6 Å². The van der Waals surface area contributed by atoms with Gasteiger partial charge in [-0.15, -0.1) is 0 Å². The van der Waals surface area contributed by atoms with E-state index in [2.05, 4.69) is 73.3 Å². The molecule has 146 valence electrons. The Hall–Kier alpha value is -0.900. The average Bonchev–Trinajstić information content (AvgIpc) is 2.63. The second-order valence-corrected chi connectivity index (χ2v) is 6.12. The topological polar surface area (TPSA) is 24.9 Å². The zero-order chi connectivity index (χ0) is 20.3. The van der Waals surface area contributed by atoms with Gasteiger partial charge in [0.1, 0.15) is 11.5 Å². The van der Waals surface area contributed by atoms with Crippen LogP contribution in [0.1, 0.15) is 11.1 Å². The fourth-order valence-electron chi connectivity index (χ4n) is 2.23. The first kappa shape index (κ1) is 25.1. The molecule has 0 radical (unpaired) electrons. The second-order valence-electron chi connectivity index (χ2n) is 6.12. The summed E-state index contributed by atoms with van der Waals surface area (Å²) in [5.41, 5.74) is 4.67. The molecule has 0 fully saturated rings. The van der Waals surface area contributed by atoms with E-state index in [1.807, 2.05) is 52.1 Å². The molecule has 0 saturated heterocycles. The first-order chi connectivity index (χ1) is 12.3. The fourth-order valence-corrected chi connectivity index (χ4v) is 2.23. The van der Waals surface area contributed by atoms with Crippen molar-refractivity contribution < 1.29 is 9.47 Å². The third-order valence-corrected chi connectivity index (χ3v) is 3.73. The van der Waals surface area contributed by atoms with E-state index in [1.165, 1.54) is 11.3 Å². The Morgan fingerprint density at radius 3 is 1.62 bits per heavy atom. The Morgan fingerprint density at radius 1 is 0.731 bits per heavy atom. The first-order valence-electron chi connectivity index (χ1n) is 8.08. The van der Waals surface area contributed by atoms with E-state index in [4.69, 9.17) is 9.47 Å². The van der Waals surface area contributed by atoms with Gasteiger partial charge in [-0.25, -0.2) is 0 Å². The fraction of sp³-hybridized carbons (Fsp3) is 0.400. The summed E-state index contributed by atoms with van der Waals surface area (Å²) in [5, 5.41) is 0. The lowest BCUT2D eigenvalue weighted by molar-refractivity contribution is 0.401. The molecular weight excluding hydrogens is 554 g/mol. The SMILES string of the molecule is COc1cc(N(C)C)c(OC)cc1C.Cc1ccc(N(C)C)cc1.II. The molecule has 2 aromatic carbocycles. The zero-order valence-corrected chi connectivity index (χ0v) is 21.2. The molecule has 26 heavy (non-hydrogen) atoms. The maximum Gasteiger partial charge on any atom is 0.142 e. The van der Waals surface area contributed by atoms with Crippen LogP contribution in [-0.2, 0) is 0 Å². The number of hydrogen-bond acceptors (Lipinski definition) is 4. The predicted molar refractivity (Wildman–Crippen MR) is 132 cm³/mol. The van der Waals surface area contributed by atoms with Crippen LogP contribution in [0.2, 0.25) is 0 Å². The Morgan fingerprint density at radius 2 is 1.23 bits per heavy atom. The Balaban J connectivity index is 0.000000458. The molecule has 0 aliphatic rings. The van der Waals surface area contributed by atoms with Gasteiger partial charge in [-0.3, -0.25) is 0 Å². The molecule has 0 spiro atoms. The van der Waals surface area contributed by atoms with E-state index in [-0.39, 0.29) is 0 Å². The normalized spacial score (nSPS) is 9.15. The van der Waals surface area contributed by atoms with Crippen LogP contribution in [0.4, 0.5) is 11.4 Å². The van der Waals surface area contributed by atoms with E-state index in [1.54, 1.807) is 14.2 Å². The van der Waals surface area contributed by atoms with Crippen molar-refractivity contribution in [2.75, 3.05) is 52.2 Å². The van der Waals surface area contributed by atoms with Crippen LogP contribution in [0.3, 0.4) is 0 Å². The molecule has 2 rings (SSSR count). The van der Waals surface area contributed by atoms with E-state index >= 15 is 0 Å². The van der Waals surface area contributed by atoms with Crippen LogP contribution in [0.15, 0.2) is 36.4 Å². The lowest BCUT2D eigenvalue weighted by Crippen LogP contribution is -2.10. The molecule has 0 atom stereocenters. The largest absolute Gasteiger partial charge is 0.496 e. The van der Waals surface area contributed by atoms with Gasteiger partial charge in [-0.2, -0.15) is 0 Å². The Labute approximate surface area is 182 Å². The van der Waals surface area contributed by atoms with Crippen molar-refractivity contribution in [1.29, 1.82) is 0 Å². The van der Waals surface area contributed by atoms with Crippen LogP contribution in [0, 0.1) is 13.8 Å². The van der Waals surface area contributed by atoms with Crippen molar-refractivity contribution >= 4 is 48.6 Å². The van der Waals surface area contributed by atoms with Crippen molar-refractivity contribution in [3.63, 3.8) is 0 Å². The zero-order valence-electron chi connectivity index (χ0n) is 16.9. The molecule has 6 heteroatoms. The first-order valence-corrected chi connectivity index (χ1v) is 14.4. The van der Waals surface area contributed by atoms with E-state index < -0.39 is 0 Å². The van der Waals surface area contributed by atoms with Crippen LogP contribution in [-0.4, -0.2) is 42.4 Å². The summed E-state index contributed by atoms with van der Waals surface area (Å²) in [6.07, 6.45) is 0. The van der Waals surface area contributed by atoms with Gasteiger partial charge in [-0.1, -0.05) is 17.7 Å². The highest BCUT2D eigenvalue weighted by molar-refractivity contribution is 15.0. The van der Waals surface area contributed by atoms with Gasteiger partial charge in [0.15, 0.2) is 0 Å². The second kappa shape index (κ2) is 13.3. The number of aryl methyl sites for hydroxylation is 2. The lowest BCUT2D eigenvalue weighted by Gasteiger charge is -2.18. The van der Waals surface area contributed by atoms with Crippen molar-refractivity contribution in [3.8, 4) is 11.5 Å². The van der Waals surface area contributed by atoms with E-state index in [0.717, 1.165) is 22.7 Å². The molecule has 0 bridgehead atoms. The predicted octanol–water partition coefficient (Wildman–Crippen LogP) is 5.91. The highest BCUT2D eigenvalue weighted by atomic mass is 128. The summed E-state index contributed by atoms with van der Waals surface area (Å²) in [6, 6.07) is 12.4. The summed E-state index contributed by atoms with van der Waals surface area (Å²) in [5.74, 6) is 1.75. The molecule has 0 amide bonds. The summed E-state index contributed by atoms with van der Waals surface area (Å²) >= 11 is 4.24. The van der Waals surface area contributed by atoms with Crippen LogP contribution >= 0.6 is 37.2 Å². The number of benzene rings is 2. The smallest absolute Gasteiger partial charge is 0.142 e. The molecule has 0 aliphatic carbocycles. The number of ether oxygens (including phenoxy) is 2. The highest BCUT2D eigenvalue weighted by Crippen LogP contribution is 2.33.